The van der Waals surface area contributed by atoms with E-state index < -0.39 is 6.03 Å². The van der Waals surface area contributed by atoms with Gasteiger partial charge in [0.15, 0.2) is 5.82 Å². The zero-order valence-electron chi connectivity index (χ0n) is 17.8. The monoisotopic (exact) mass is 425 g/mol. The zero-order valence-corrected chi connectivity index (χ0v) is 17.8. The molecular weight excluding hydrogens is 398 g/mol. The van der Waals surface area contributed by atoms with Crippen LogP contribution in [0.1, 0.15) is 32.1 Å². The minimum Gasteiger partial charge on any atom is -0.394 e. The molecule has 164 valence electrons. The number of pyridine rings is 1. The highest BCUT2D eigenvalue weighted by Crippen LogP contribution is 2.26. The Morgan fingerprint density at radius 2 is 1.90 bits per heavy atom. The van der Waals surface area contributed by atoms with Gasteiger partial charge < -0.3 is 25.4 Å². The highest BCUT2D eigenvalue weighted by Gasteiger charge is 2.20. The molecule has 0 saturated heterocycles. The average Bonchev–Trinajstić information content (AvgIpc) is 3.19. The lowest BCUT2D eigenvalue weighted by atomic mass is 9.93. The Hall–Kier alpha value is -3.43. The topological polar surface area (TPSA) is 136 Å². The van der Waals surface area contributed by atoms with Gasteiger partial charge >= 0.3 is 6.03 Å². The normalized spacial score (nSPS) is 11.4. The summed E-state index contributed by atoms with van der Waals surface area (Å²) in [6.07, 6.45) is 1.68. The number of nitrogen functional groups attached to an aromatic ring is 1. The van der Waals surface area contributed by atoms with Gasteiger partial charge in [0.1, 0.15) is 11.6 Å². The molecular formula is C22H27N5O4. The molecule has 2 aromatic heterocycles. The molecule has 0 aliphatic rings. The predicted molar refractivity (Wildman–Crippen MR) is 119 cm³/mol. The van der Waals surface area contributed by atoms with E-state index >= 15 is 0 Å². The number of aromatic nitrogens is 2. The summed E-state index contributed by atoms with van der Waals surface area (Å²) in [7, 11) is 0. The molecule has 0 bridgehead atoms. The predicted octanol–water partition coefficient (Wildman–Crippen LogP) is 3.77. The van der Waals surface area contributed by atoms with Gasteiger partial charge in [-0.2, -0.15) is 0 Å². The maximum Gasteiger partial charge on any atom is 0.324 e. The van der Waals surface area contributed by atoms with Crippen molar-refractivity contribution < 1.29 is 19.2 Å². The van der Waals surface area contributed by atoms with Crippen LogP contribution < -0.4 is 16.4 Å². The summed E-state index contributed by atoms with van der Waals surface area (Å²) < 4.78 is 10.6. The molecule has 2 amide bonds. The lowest BCUT2D eigenvalue weighted by Gasteiger charge is -2.12. The number of urea groups is 1. The lowest BCUT2D eigenvalue weighted by Crippen LogP contribution is -2.19. The number of nitrogens with one attached hydrogen (secondary N) is 2. The number of ether oxygens (including phenoxy) is 1. The van der Waals surface area contributed by atoms with Crippen molar-refractivity contribution in [2.24, 2.45) is 0 Å². The number of nitrogens with two attached hydrogens (primary N) is 1. The molecule has 0 saturated carbocycles. The van der Waals surface area contributed by atoms with Crippen LogP contribution in [-0.4, -0.2) is 34.5 Å². The summed E-state index contributed by atoms with van der Waals surface area (Å²) in [5.74, 6) is 1.42. The van der Waals surface area contributed by atoms with Crippen LogP contribution in [-0.2, 0) is 16.8 Å². The SMILES string of the molecule is CC(C)(C)c1cc(NC(=O)Nc2ccc(-c3cnc(N)c(COCCO)c3)cc2)no1. The largest absolute Gasteiger partial charge is 0.394 e. The van der Waals surface area contributed by atoms with E-state index in [1.54, 1.807) is 24.4 Å². The summed E-state index contributed by atoms with van der Waals surface area (Å²) in [6.45, 7) is 6.45. The number of hydrogen-bond donors (Lipinski definition) is 4. The standard InChI is InChI=1S/C22H27N5O4/c1-22(2,3)18-11-19(27-31-18)26-21(29)25-17-6-4-14(5-7-17)15-10-16(13-30-9-8-28)20(23)24-12-15/h4-7,10-12,28H,8-9,13H2,1-3H3,(H2,23,24)(H2,25,26,27,29). The van der Waals surface area contributed by atoms with E-state index in [1.807, 2.05) is 39.0 Å². The smallest absolute Gasteiger partial charge is 0.324 e. The zero-order chi connectivity index (χ0) is 22.4. The third kappa shape index (κ3) is 6.03. The second-order valence-corrected chi connectivity index (χ2v) is 8.03. The molecule has 0 aliphatic carbocycles. The van der Waals surface area contributed by atoms with Crippen LogP contribution in [0.5, 0.6) is 0 Å². The Bertz CT molecular complexity index is 1030. The van der Waals surface area contributed by atoms with Gasteiger partial charge in [0.05, 0.1) is 19.8 Å². The van der Waals surface area contributed by atoms with E-state index in [0.29, 0.717) is 23.1 Å². The van der Waals surface area contributed by atoms with Gasteiger partial charge in [-0.3, -0.25) is 5.32 Å². The van der Waals surface area contributed by atoms with Crippen molar-refractivity contribution in [1.29, 1.82) is 0 Å². The number of rotatable bonds is 7. The van der Waals surface area contributed by atoms with Gasteiger partial charge in [-0.15, -0.1) is 0 Å². The van der Waals surface area contributed by atoms with Crippen molar-refractivity contribution in [3.63, 3.8) is 0 Å². The minimum atomic E-state index is -0.418. The van der Waals surface area contributed by atoms with Crippen molar-refractivity contribution >= 4 is 23.4 Å². The van der Waals surface area contributed by atoms with Crippen LogP contribution in [0.2, 0.25) is 0 Å². The molecule has 0 radical (unpaired) electrons. The molecule has 1 aromatic carbocycles. The van der Waals surface area contributed by atoms with Crippen molar-refractivity contribution in [2.45, 2.75) is 32.8 Å². The number of carbonyl (C=O) groups is 1. The molecule has 0 unspecified atom stereocenters. The molecule has 3 rings (SSSR count). The summed E-state index contributed by atoms with van der Waals surface area (Å²) in [6, 6.07) is 10.5. The van der Waals surface area contributed by atoms with Gasteiger partial charge in [-0.05, 0) is 23.8 Å². The average molecular weight is 425 g/mol. The maximum atomic E-state index is 12.2. The molecule has 0 atom stereocenters. The molecule has 2 heterocycles. The van der Waals surface area contributed by atoms with Crippen LogP contribution >= 0.6 is 0 Å². The first kappa shape index (κ1) is 22.3. The number of aliphatic hydroxyl groups excluding tert-OH is 1. The Morgan fingerprint density at radius 1 is 1.16 bits per heavy atom. The molecule has 0 aliphatic heterocycles. The Morgan fingerprint density at radius 3 is 2.55 bits per heavy atom. The van der Waals surface area contributed by atoms with Crippen molar-refractivity contribution in [1.82, 2.24) is 10.1 Å². The van der Waals surface area contributed by atoms with Crippen LogP contribution in [0.25, 0.3) is 11.1 Å². The highest BCUT2D eigenvalue weighted by atomic mass is 16.5. The Balaban J connectivity index is 1.63. The molecule has 31 heavy (non-hydrogen) atoms. The fourth-order valence-electron chi connectivity index (χ4n) is 2.75. The van der Waals surface area contributed by atoms with Crippen molar-refractivity contribution in [3.05, 3.63) is 53.9 Å². The van der Waals surface area contributed by atoms with E-state index in [-0.39, 0.29) is 25.2 Å². The quantitative estimate of drug-likeness (QED) is 0.423. The molecule has 9 nitrogen and oxygen atoms in total. The van der Waals surface area contributed by atoms with Gasteiger partial charge in [0.25, 0.3) is 0 Å². The molecule has 9 heteroatoms. The first-order chi connectivity index (χ1) is 14.8. The number of anilines is 3. The van der Waals surface area contributed by atoms with Gasteiger partial charge in [0, 0.05) is 34.5 Å². The number of hydrogen-bond acceptors (Lipinski definition) is 7. The summed E-state index contributed by atoms with van der Waals surface area (Å²) in [4.78, 5) is 16.5. The second kappa shape index (κ2) is 9.59. The molecule has 0 fully saturated rings. The van der Waals surface area contributed by atoms with E-state index in [4.69, 9.17) is 20.1 Å². The Labute approximate surface area is 180 Å². The molecule has 3 aromatic rings. The van der Waals surface area contributed by atoms with Crippen LogP contribution in [0.3, 0.4) is 0 Å². The number of amides is 2. The van der Waals surface area contributed by atoms with Gasteiger partial charge in [-0.25, -0.2) is 9.78 Å². The van der Waals surface area contributed by atoms with Crippen LogP contribution in [0.15, 0.2) is 47.1 Å². The van der Waals surface area contributed by atoms with Crippen LogP contribution in [0.4, 0.5) is 22.1 Å². The number of carbonyl (C=O) groups excluding carboxylic acids is 1. The molecule has 0 spiro atoms. The number of aliphatic hydroxyl groups is 1. The fraction of sp³-hybridized carbons (Fsp3) is 0.318. The van der Waals surface area contributed by atoms with E-state index in [1.165, 1.54) is 0 Å². The van der Waals surface area contributed by atoms with Crippen molar-refractivity contribution in [2.75, 3.05) is 29.6 Å². The summed E-state index contributed by atoms with van der Waals surface area (Å²) >= 11 is 0. The first-order valence-corrected chi connectivity index (χ1v) is 9.85. The second-order valence-electron chi connectivity index (χ2n) is 8.03. The van der Waals surface area contributed by atoms with Gasteiger partial charge in [-0.1, -0.05) is 38.1 Å². The van der Waals surface area contributed by atoms with E-state index in [0.717, 1.165) is 16.7 Å². The van der Waals surface area contributed by atoms with Gasteiger partial charge in [0.2, 0.25) is 0 Å². The van der Waals surface area contributed by atoms with E-state index in [9.17, 15) is 4.79 Å². The number of nitrogens with zero attached hydrogens (tertiary/aromatic N) is 2. The minimum absolute atomic E-state index is 0.0521. The first-order valence-electron chi connectivity index (χ1n) is 9.85. The van der Waals surface area contributed by atoms with E-state index in [2.05, 4.69) is 20.8 Å². The lowest BCUT2D eigenvalue weighted by molar-refractivity contribution is 0.0817. The van der Waals surface area contributed by atoms with Crippen molar-refractivity contribution in [3.8, 4) is 11.1 Å². The summed E-state index contributed by atoms with van der Waals surface area (Å²) in [5, 5.41) is 18.1. The highest BCUT2D eigenvalue weighted by molar-refractivity contribution is 5.99. The molecule has 5 N–H and O–H groups in total. The third-order valence-corrected chi connectivity index (χ3v) is 4.46. The third-order valence-electron chi connectivity index (χ3n) is 4.46. The Kier molecular flexibility index (Phi) is 6.88. The maximum absolute atomic E-state index is 12.2. The van der Waals surface area contributed by atoms with Crippen LogP contribution in [0, 0.1) is 0 Å². The fourth-order valence-corrected chi connectivity index (χ4v) is 2.75. The number of benzene rings is 1. The summed E-state index contributed by atoms with van der Waals surface area (Å²) in [5.41, 5.74) is 8.85.